The maximum absolute atomic E-state index is 12.7. The Morgan fingerprint density at radius 2 is 1.64 bits per heavy atom. The first-order chi connectivity index (χ1) is 15.5. The molecule has 33 heavy (non-hydrogen) atoms. The zero-order valence-electron chi connectivity index (χ0n) is 19.6. The molecule has 0 rings (SSSR count). The van der Waals surface area contributed by atoms with Gasteiger partial charge in [0.15, 0.2) is 5.96 Å². The summed E-state index contributed by atoms with van der Waals surface area (Å²) >= 11 is 0. The fourth-order valence-electron chi connectivity index (χ4n) is 2.98. The van der Waals surface area contributed by atoms with Crippen LogP contribution in [0.3, 0.4) is 0 Å². The summed E-state index contributed by atoms with van der Waals surface area (Å²) in [5, 5.41) is 16.7. The minimum atomic E-state index is -1.02. The fourth-order valence-corrected chi connectivity index (χ4v) is 2.98. The van der Waals surface area contributed by atoms with Crippen molar-refractivity contribution < 1.29 is 29.1 Å². The van der Waals surface area contributed by atoms with Crippen LogP contribution in [0.1, 0.15) is 65.7 Å². The molecule has 0 fully saturated rings. The van der Waals surface area contributed by atoms with Crippen LogP contribution >= 0.6 is 0 Å². The van der Waals surface area contributed by atoms with Crippen molar-refractivity contribution in [2.45, 2.75) is 83.8 Å². The molecule has 0 aromatic rings. The van der Waals surface area contributed by atoms with Gasteiger partial charge in [0.25, 0.3) is 0 Å². The first kappa shape index (κ1) is 29.8. The van der Waals surface area contributed by atoms with Crippen LogP contribution in [-0.4, -0.2) is 65.7 Å². The molecule has 0 saturated carbocycles. The Hall–Kier alpha value is -3.18. The molecule has 0 aliphatic carbocycles. The molecular weight excluding hydrogens is 432 g/mol. The maximum Gasteiger partial charge on any atom is 0.305 e. The van der Waals surface area contributed by atoms with Crippen LogP contribution < -0.4 is 27.4 Å². The molecule has 0 saturated heterocycles. The summed E-state index contributed by atoms with van der Waals surface area (Å²) in [6.45, 7) is 5.85. The predicted octanol–water partition coefficient (Wildman–Crippen LogP) is -0.596. The number of carboxylic acids is 1. The lowest BCUT2D eigenvalue weighted by Crippen LogP contribution is -2.50. The third kappa shape index (κ3) is 15.3. The molecule has 188 valence electrons. The quantitative estimate of drug-likeness (QED) is 0.0698. The van der Waals surface area contributed by atoms with E-state index in [1.165, 1.54) is 0 Å². The Balaban J connectivity index is 4.76. The minimum Gasteiger partial charge on any atom is -0.481 e. The molecule has 3 unspecified atom stereocenters. The molecule has 0 heterocycles. The second-order valence-corrected chi connectivity index (χ2v) is 8.22. The highest BCUT2D eigenvalue weighted by atomic mass is 16.4. The smallest absolute Gasteiger partial charge is 0.305 e. The molecule has 8 N–H and O–H groups in total. The van der Waals surface area contributed by atoms with Crippen molar-refractivity contribution >= 4 is 35.9 Å². The van der Waals surface area contributed by atoms with Gasteiger partial charge in [0.1, 0.15) is 12.3 Å². The van der Waals surface area contributed by atoms with Gasteiger partial charge in [-0.25, -0.2) is 0 Å². The summed E-state index contributed by atoms with van der Waals surface area (Å²) in [6.07, 6.45) is 1.74. The van der Waals surface area contributed by atoms with Crippen LogP contribution in [0.15, 0.2) is 4.99 Å². The number of hydrogen-bond acceptors (Lipinski definition) is 6. The zero-order valence-corrected chi connectivity index (χ0v) is 19.6. The summed E-state index contributed by atoms with van der Waals surface area (Å²) < 4.78 is 0. The Labute approximate surface area is 194 Å². The van der Waals surface area contributed by atoms with Gasteiger partial charge in [-0.15, -0.1) is 0 Å². The van der Waals surface area contributed by atoms with E-state index >= 15 is 0 Å². The molecular formula is C21H38N6O6. The summed E-state index contributed by atoms with van der Waals surface area (Å²) in [7, 11) is 0. The number of amides is 3. The molecule has 0 spiro atoms. The van der Waals surface area contributed by atoms with E-state index in [-0.39, 0.29) is 31.1 Å². The number of nitrogens with two attached hydrogens (primary N) is 2. The van der Waals surface area contributed by atoms with E-state index in [2.05, 4.69) is 20.9 Å². The number of aliphatic carboxylic acids is 1. The average Bonchev–Trinajstić information content (AvgIpc) is 2.72. The number of aldehydes is 1. The van der Waals surface area contributed by atoms with E-state index in [1.807, 2.05) is 13.8 Å². The molecule has 0 aliphatic rings. The van der Waals surface area contributed by atoms with Crippen LogP contribution in [0.4, 0.5) is 0 Å². The number of rotatable bonds is 17. The molecule has 0 aromatic heterocycles. The lowest BCUT2D eigenvalue weighted by atomic mass is 10.0. The standard InChI is InChI=1S/C21H38N6O6/c1-4-14(11-19(31)32)25-17(29)7-8-18(30)27-16(10-13(2)3)20(33)26-15(12-28)6-5-9-24-21(22)23/h12-16H,4-11H2,1-3H3,(H,25,29)(H,26,33)(H,27,30)(H,31,32)(H4,22,23,24). The van der Waals surface area contributed by atoms with Crippen molar-refractivity contribution in [2.24, 2.45) is 22.4 Å². The predicted molar refractivity (Wildman–Crippen MR) is 123 cm³/mol. The van der Waals surface area contributed by atoms with Gasteiger partial charge in [-0.2, -0.15) is 0 Å². The first-order valence-electron chi connectivity index (χ1n) is 11.1. The summed E-state index contributed by atoms with van der Waals surface area (Å²) in [4.78, 5) is 63.0. The number of nitrogens with one attached hydrogen (secondary N) is 3. The molecule has 3 atom stereocenters. The highest BCUT2D eigenvalue weighted by molar-refractivity contribution is 5.90. The molecule has 12 heteroatoms. The van der Waals surface area contributed by atoms with Crippen LogP contribution in [0.25, 0.3) is 0 Å². The summed E-state index contributed by atoms with van der Waals surface area (Å²) in [5.41, 5.74) is 10.5. The van der Waals surface area contributed by atoms with E-state index in [9.17, 15) is 24.0 Å². The van der Waals surface area contributed by atoms with Crippen LogP contribution in [0.5, 0.6) is 0 Å². The number of carboxylic acid groups (broad SMARTS) is 1. The summed E-state index contributed by atoms with van der Waals surface area (Å²) in [5.74, 6) is -2.41. The Morgan fingerprint density at radius 3 is 2.12 bits per heavy atom. The Kier molecular flexibility index (Phi) is 14.9. The van der Waals surface area contributed by atoms with E-state index in [0.29, 0.717) is 38.5 Å². The van der Waals surface area contributed by atoms with Crippen molar-refractivity contribution in [1.29, 1.82) is 0 Å². The van der Waals surface area contributed by atoms with Crippen LogP contribution in [0.2, 0.25) is 0 Å². The van der Waals surface area contributed by atoms with Crippen LogP contribution in [0, 0.1) is 5.92 Å². The van der Waals surface area contributed by atoms with Crippen molar-refractivity contribution in [2.75, 3.05) is 6.54 Å². The van der Waals surface area contributed by atoms with Gasteiger partial charge in [-0.05, 0) is 31.6 Å². The number of carbonyl (C=O) groups is 5. The normalized spacial score (nSPS) is 13.3. The largest absolute Gasteiger partial charge is 0.481 e. The highest BCUT2D eigenvalue weighted by Gasteiger charge is 2.24. The zero-order chi connectivity index (χ0) is 25.4. The summed E-state index contributed by atoms with van der Waals surface area (Å²) in [6, 6.07) is -2.12. The number of guanidine groups is 1. The molecule has 0 bridgehead atoms. The third-order valence-corrected chi connectivity index (χ3v) is 4.68. The van der Waals surface area contributed by atoms with Crippen molar-refractivity contribution in [3.8, 4) is 0 Å². The molecule has 0 radical (unpaired) electrons. The second-order valence-electron chi connectivity index (χ2n) is 8.22. The number of hydrogen-bond donors (Lipinski definition) is 6. The molecule has 0 aliphatic heterocycles. The number of aliphatic imine (C=N–C) groups is 1. The van der Waals surface area contributed by atoms with Gasteiger partial charge in [0, 0.05) is 25.4 Å². The molecule has 3 amide bonds. The van der Waals surface area contributed by atoms with E-state index in [1.54, 1.807) is 6.92 Å². The Morgan fingerprint density at radius 1 is 1.03 bits per heavy atom. The first-order valence-corrected chi connectivity index (χ1v) is 11.1. The van der Waals surface area contributed by atoms with Crippen molar-refractivity contribution in [3.05, 3.63) is 0 Å². The molecule has 0 aromatic carbocycles. The monoisotopic (exact) mass is 470 g/mol. The Bertz CT molecular complexity index is 693. The van der Waals surface area contributed by atoms with Gasteiger partial charge >= 0.3 is 5.97 Å². The fraction of sp³-hybridized carbons (Fsp3) is 0.714. The third-order valence-electron chi connectivity index (χ3n) is 4.68. The minimum absolute atomic E-state index is 0.0535. The van der Waals surface area contributed by atoms with Gasteiger partial charge in [0.05, 0.1) is 12.5 Å². The van der Waals surface area contributed by atoms with Gasteiger partial charge in [0.2, 0.25) is 17.7 Å². The van der Waals surface area contributed by atoms with Gasteiger partial charge in [-0.1, -0.05) is 20.8 Å². The van der Waals surface area contributed by atoms with E-state index < -0.39 is 41.8 Å². The van der Waals surface area contributed by atoms with Gasteiger partial charge < -0.3 is 37.3 Å². The lowest BCUT2D eigenvalue weighted by molar-refractivity contribution is -0.138. The van der Waals surface area contributed by atoms with E-state index in [0.717, 1.165) is 0 Å². The van der Waals surface area contributed by atoms with E-state index in [4.69, 9.17) is 16.6 Å². The van der Waals surface area contributed by atoms with Gasteiger partial charge in [-0.3, -0.25) is 24.2 Å². The van der Waals surface area contributed by atoms with Crippen molar-refractivity contribution in [3.63, 3.8) is 0 Å². The van der Waals surface area contributed by atoms with Crippen LogP contribution in [-0.2, 0) is 24.0 Å². The second kappa shape index (κ2) is 16.5. The molecule has 12 nitrogen and oxygen atoms in total. The SMILES string of the molecule is CCC(CC(=O)O)NC(=O)CCC(=O)NC(CC(C)C)C(=O)NC(C=O)CCCN=C(N)N. The van der Waals surface area contributed by atoms with Crippen molar-refractivity contribution in [1.82, 2.24) is 16.0 Å². The highest BCUT2D eigenvalue weighted by Crippen LogP contribution is 2.07. The maximum atomic E-state index is 12.7. The lowest BCUT2D eigenvalue weighted by Gasteiger charge is -2.22. The number of carbonyl (C=O) groups excluding carboxylic acids is 4. The number of nitrogens with zero attached hydrogens (tertiary/aromatic N) is 1. The average molecular weight is 471 g/mol. The topological polar surface area (TPSA) is 206 Å².